The van der Waals surface area contributed by atoms with Gasteiger partial charge in [0.05, 0.1) is 18.0 Å². The van der Waals surface area contributed by atoms with Crippen LogP contribution in [0, 0.1) is 0 Å². The monoisotopic (exact) mass is 406 g/mol. The molecule has 7 nitrogen and oxygen atoms in total. The second-order valence-corrected chi connectivity index (χ2v) is 6.11. The molecule has 0 unspecified atom stereocenters. The maximum Gasteiger partial charge on any atom is 0.422 e. The molecule has 10 heteroatoms. The van der Waals surface area contributed by atoms with E-state index in [1.165, 1.54) is 18.2 Å². The van der Waals surface area contributed by atoms with Crippen molar-refractivity contribution in [1.29, 1.82) is 0 Å². The molecule has 0 amide bonds. The summed E-state index contributed by atoms with van der Waals surface area (Å²) in [5.41, 5.74) is 2.52. The van der Waals surface area contributed by atoms with E-state index in [0.717, 1.165) is 12.0 Å². The minimum absolute atomic E-state index is 0.0339. The SMILES string of the molecule is C=Nc1cc(C=O)ccc1N(C)CNc1nc2ccc(OCC(F)(F)F)cc2o1. The molecule has 0 saturated heterocycles. The van der Waals surface area contributed by atoms with E-state index in [0.29, 0.717) is 22.4 Å². The zero-order chi connectivity index (χ0) is 21.0. The van der Waals surface area contributed by atoms with Crippen LogP contribution in [-0.2, 0) is 0 Å². The molecule has 0 atom stereocenters. The van der Waals surface area contributed by atoms with Crippen LogP contribution in [0.25, 0.3) is 11.1 Å². The molecule has 3 aromatic rings. The first-order valence-corrected chi connectivity index (χ1v) is 8.40. The number of oxazole rings is 1. The highest BCUT2D eigenvalue weighted by molar-refractivity contribution is 5.81. The maximum absolute atomic E-state index is 12.3. The Balaban J connectivity index is 1.69. The van der Waals surface area contributed by atoms with Gasteiger partial charge in [0.25, 0.3) is 6.01 Å². The van der Waals surface area contributed by atoms with Gasteiger partial charge in [0.15, 0.2) is 12.2 Å². The number of ether oxygens (including phenoxy) is 1. The molecule has 1 N–H and O–H groups in total. The van der Waals surface area contributed by atoms with Gasteiger partial charge in [-0.2, -0.15) is 18.2 Å². The molecule has 0 spiro atoms. The lowest BCUT2D eigenvalue weighted by atomic mass is 10.2. The van der Waals surface area contributed by atoms with Crippen molar-refractivity contribution in [2.45, 2.75) is 6.18 Å². The van der Waals surface area contributed by atoms with Crippen LogP contribution in [0.5, 0.6) is 5.75 Å². The van der Waals surface area contributed by atoms with Crippen molar-refractivity contribution in [3.8, 4) is 5.75 Å². The number of halogens is 3. The lowest BCUT2D eigenvalue weighted by Gasteiger charge is -2.21. The smallest absolute Gasteiger partial charge is 0.422 e. The van der Waals surface area contributed by atoms with Crippen molar-refractivity contribution >= 4 is 41.5 Å². The van der Waals surface area contributed by atoms with Gasteiger partial charge < -0.3 is 19.4 Å². The molecule has 152 valence electrons. The topological polar surface area (TPSA) is 80.0 Å². The van der Waals surface area contributed by atoms with E-state index >= 15 is 0 Å². The molecule has 0 fully saturated rings. The number of rotatable bonds is 8. The van der Waals surface area contributed by atoms with Gasteiger partial charge in [-0.05, 0) is 37.0 Å². The molecule has 0 aliphatic heterocycles. The van der Waals surface area contributed by atoms with E-state index in [1.807, 2.05) is 4.90 Å². The number of carbonyl (C=O) groups excluding carboxylic acids is 1. The van der Waals surface area contributed by atoms with Gasteiger partial charge in [0.1, 0.15) is 17.6 Å². The summed E-state index contributed by atoms with van der Waals surface area (Å²) in [5.74, 6) is 0.0339. The van der Waals surface area contributed by atoms with Gasteiger partial charge in [0, 0.05) is 18.7 Å². The minimum Gasteiger partial charge on any atom is -0.484 e. The summed E-state index contributed by atoms with van der Waals surface area (Å²) in [7, 11) is 1.79. The maximum atomic E-state index is 12.3. The van der Waals surface area contributed by atoms with Crippen LogP contribution in [0.4, 0.5) is 30.6 Å². The number of carbonyl (C=O) groups is 1. The largest absolute Gasteiger partial charge is 0.484 e. The lowest BCUT2D eigenvalue weighted by molar-refractivity contribution is -0.153. The van der Waals surface area contributed by atoms with Gasteiger partial charge in [-0.25, -0.2) is 0 Å². The lowest BCUT2D eigenvalue weighted by Crippen LogP contribution is -2.24. The van der Waals surface area contributed by atoms with Crippen LogP contribution >= 0.6 is 0 Å². The van der Waals surface area contributed by atoms with E-state index < -0.39 is 12.8 Å². The molecule has 2 aromatic carbocycles. The summed E-state index contributed by atoms with van der Waals surface area (Å²) in [6, 6.07) is 9.47. The average molecular weight is 406 g/mol. The van der Waals surface area contributed by atoms with Crippen molar-refractivity contribution in [3.05, 3.63) is 42.0 Å². The average Bonchev–Trinajstić information content (AvgIpc) is 3.11. The summed E-state index contributed by atoms with van der Waals surface area (Å²) in [4.78, 5) is 20.9. The summed E-state index contributed by atoms with van der Waals surface area (Å²) in [6.45, 7) is 2.41. The van der Waals surface area contributed by atoms with Gasteiger partial charge in [-0.3, -0.25) is 9.79 Å². The number of aldehydes is 1. The first kappa shape index (κ1) is 20.2. The summed E-state index contributed by atoms with van der Waals surface area (Å²) < 4.78 is 47.0. The Morgan fingerprint density at radius 1 is 1.31 bits per heavy atom. The quantitative estimate of drug-likeness (QED) is 0.339. The minimum atomic E-state index is -4.42. The molecule has 0 bridgehead atoms. The Kier molecular flexibility index (Phi) is 5.71. The molecule has 0 aliphatic rings. The van der Waals surface area contributed by atoms with Crippen molar-refractivity contribution in [2.75, 3.05) is 30.5 Å². The second-order valence-electron chi connectivity index (χ2n) is 6.11. The third-order valence-corrected chi connectivity index (χ3v) is 3.95. The molecular weight excluding hydrogens is 389 g/mol. The first-order chi connectivity index (χ1) is 13.8. The number of aromatic nitrogens is 1. The normalized spacial score (nSPS) is 11.3. The van der Waals surface area contributed by atoms with E-state index in [9.17, 15) is 18.0 Å². The first-order valence-electron chi connectivity index (χ1n) is 8.40. The third-order valence-electron chi connectivity index (χ3n) is 3.95. The zero-order valence-electron chi connectivity index (χ0n) is 15.4. The summed E-state index contributed by atoms with van der Waals surface area (Å²) >= 11 is 0. The van der Waals surface area contributed by atoms with Crippen LogP contribution in [0.1, 0.15) is 10.4 Å². The van der Waals surface area contributed by atoms with Crippen LogP contribution in [0.15, 0.2) is 45.8 Å². The number of aliphatic imine (C=N–C) groups is 1. The molecule has 1 aromatic heterocycles. The number of nitrogens with zero attached hydrogens (tertiary/aromatic N) is 3. The fourth-order valence-corrected chi connectivity index (χ4v) is 2.57. The Bertz CT molecular complexity index is 1030. The Labute approximate surface area is 163 Å². The standard InChI is InChI=1S/C19H17F3N4O3/c1-23-15-7-12(9-27)3-6-16(15)26(2)11-24-18-25-14-5-4-13(8-17(14)29-18)28-10-19(20,21)22/h3-9H,1,10-11H2,2H3,(H,24,25). The molecule has 1 heterocycles. The predicted octanol–water partition coefficient (Wildman–Crippen LogP) is 4.42. The Morgan fingerprint density at radius 2 is 2.10 bits per heavy atom. The Hall–Kier alpha value is -3.56. The Morgan fingerprint density at radius 3 is 2.79 bits per heavy atom. The number of fused-ring (bicyclic) bond motifs is 1. The van der Waals surface area contributed by atoms with Crippen LogP contribution in [0.3, 0.4) is 0 Å². The van der Waals surface area contributed by atoms with E-state index in [-0.39, 0.29) is 18.4 Å². The highest BCUT2D eigenvalue weighted by atomic mass is 19.4. The predicted molar refractivity (Wildman–Crippen MR) is 103 cm³/mol. The van der Waals surface area contributed by atoms with Crippen molar-refractivity contribution < 1.29 is 27.1 Å². The molecule has 3 rings (SSSR count). The highest BCUT2D eigenvalue weighted by Gasteiger charge is 2.28. The fourth-order valence-electron chi connectivity index (χ4n) is 2.57. The number of hydrogen-bond acceptors (Lipinski definition) is 7. The molecule has 0 aliphatic carbocycles. The van der Waals surface area contributed by atoms with Crippen LogP contribution < -0.4 is 15.0 Å². The third kappa shape index (κ3) is 5.03. The second kappa shape index (κ2) is 8.21. The van der Waals surface area contributed by atoms with Gasteiger partial charge in [0.2, 0.25) is 0 Å². The van der Waals surface area contributed by atoms with E-state index in [4.69, 9.17) is 9.15 Å². The number of benzene rings is 2. The summed E-state index contributed by atoms with van der Waals surface area (Å²) in [5, 5.41) is 2.98. The van der Waals surface area contributed by atoms with Gasteiger partial charge in [-0.1, -0.05) is 0 Å². The highest BCUT2D eigenvalue weighted by Crippen LogP contribution is 2.29. The number of anilines is 2. The molecule has 0 radical (unpaired) electrons. The fraction of sp³-hybridized carbons (Fsp3) is 0.211. The molecule has 29 heavy (non-hydrogen) atoms. The van der Waals surface area contributed by atoms with Crippen LogP contribution in [0.2, 0.25) is 0 Å². The summed E-state index contributed by atoms with van der Waals surface area (Å²) in [6.07, 6.45) is -3.70. The van der Waals surface area contributed by atoms with Crippen molar-refractivity contribution in [2.24, 2.45) is 4.99 Å². The zero-order valence-corrected chi connectivity index (χ0v) is 15.4. The number of alkyl halides is 3. The van der Waals surface area contributed by atoms with E-state index in [1.54, 1.807) is 25.2 Å². The number of hydrogen-bond donors (Lipinski definition) is 1. The molecular formula is C19H17F3N4O3. The van der Waals surface area contributed by atoms with Gasteiger partial charge >= 0.3 is 6.18 Å². The van der Waals surface area contributed by atoms with E-state index in [2.05, 4.69) is 22.0 Å². The van der Waals surface area contributed by atoms with Crippen LogP contribution in [-0.4, -0.2) is 44.5 Å². The molecule has 0 saturated carbocycles. The van der Waals surface area contributed by atoms with Gasteiger partial charge in [-0.15, -0.1) is 0 Å². The van der Waals surface area contributed by atoms with Crippen molar-refractivity contribution in [3.63, 3.8) is 0 Å². The number of nitrogens with one attached hydrogen (secondary N) is 1. The van der Waals surface area contributed by atoms with Crippen molar-refractivity contribution in [1.82, 2.24) is 4.98 Å².